The van der Waals surface area contributed by atoms with E-state index < -0.39 is 0 Å². The average Bonchev–Trinajstić information content (AvgIpc) is 2.89. The minimum absolute atomic E-state index is 0.0163. The van der Waals surface area contributed by atoms with Crippen LogP contribution in [0.1, 0.15) is 44.2 Å². The van der Waals surface area contributed by atoms with Crippen LogP contribution in [-0.2, 0) is 0 Å². The van der Waals surface area contributed by atoms with Crippen LogP contribution in [0, 0.1) is 11.2 Å². The zero-order chi connectivity index (χ0) is 16.4. The van der Waals surface area contributed by atoms with Gasteiger partial charge in [-0.05, 0) is 43.0 Å². The first-order valence-electron chi connectivity index (χ1n) is 8.12. The van der Waals surface area contributed by atoms with Gasteiger partial charge in [0, 0.05) is 22.1 Å². The molecule has 3 N–H and O–H groups in total. The second-order valence-corrected chi connectivity index (χ2v) is 7.88. The van der Waals surface area contributed by atoms with E-state index in [2.05, 4.69) is 10.6 Å². The lowest BCUT2D eigenvalue weighted by Gasteiger charge is -2.32. The molecule has 6 heteroatoms. The van der Waals surface area contributed by atoms with Crippen molar-refractivity contribution in [1.82, 2.24) is 10.6 Å². The summed E-state index contributed by atoms with van der Waals surface area (Å²) in [6.07, 6.45) is 3.60. The van der Waals surface area contributed by atoms with E-state index in [4.69, 9.17) is 0 Å². The quantitative estimate of drug-likeness (QED) is 0.793. The molecule has 126 valence electrons. The summed E-state index contributed by atoms with van der Waals surface area (Å²) in [4.78, 5) is 13.4. The van der Waals surface area contributed by atoms with Crippen LogP contribution in [0.15, 0.2) is 23.1 Å². The molecule has 2 amide bonds. The van der Waals surface area contributed by atoms with Crippen molar-refractivity contribution in [3.05, 3.63) is 29.6 Å². The van der Waals surface area contributed by atoms with Crippen LogP contribution in [0.2, 0.25) is 0 Å². The maximum absolute atomic E-state index is 13.5. The fourth-order valence-corrected chi connectivity index (χ4v) is 4.65. The third-order valence-corrected chi connectivity index (χ3v) is 6.19. The molecule has 1 fully saturated rings. The van der Waals surface area contributed by atoms with Gasteiger partial charge in [0.15, 0.2) is 0 Å². The predicted molar refractivity (Wildman–Crippen MR) is 89.0 cm³/mol. The highest BCUT2D eigenvalue weighted by Gasteiger charge is 2.39. The summed E-state index contributed by atoms with van der Waals surface area (Å²) < 4.78 is 13.5. The molecule has 1 heterocycles. The number of thioether (sulfide) groups is 1. The third-order valence-electron chi connectivity index (χ3n) is 5.07. The van der Waals surface area contributed by atoms with Gasteiger partial charge >= 0.3 is 6.03 Å². The summed E-state index contributed by atoms with van der Waals surface area (Å²) in [5.74, 6) is 0.628. The van der Waals surface area contributed by atoms with Gasteiger partial charge < -0.3 is 15.7 Å². The summed E-state index contributed by atoms with van der Waals surface area (Å²) in [5.41, 5.74) is 0.608. The van der Waals surface area contributed by atoms with Gasteiger partial charge in [-0.2, -0.15) is 0 Å². The lowest BCUT2D eigenvalue weighted by molar-refractivity contribution is 0.120. The summed E-state index contributed by atoms with van der Waals surface area (Å²) in [6, 6.07) is 4.34. The molecule has 0 saturated heterocycles. The summed E-state index contributed by atoms with van der Waals surface area (Å²) in [7, 11) is 0. The first-order valence-corrected chi connectivity index (χ1v) is 9.10. The first kappa shape index (κ1) is 16.6. The Morgan fingerprint density at radius 3 is 3.04 bits per heavy atom. The van der Waals surface area contributed by atoms with Crippen molar-refractivity contribution in [3.63, 3.8) is 0 Å². The van der Waals surface area contributed by atoms with Gasteiger partial charge in [-0.25, -0.2) is 9.18 Å². The molecular formula is C17H23FN2O2S. The number of carbonyl (C=O) groups excluding carboxylic acids is 1. The number of urea groups is 1. The van der Waals surface area contributed by atoms with Crippen molar-refractivity contribution in [2.75, 3.05) is 12.4 Å². The SMILES string of the molecule is CC1(CO)CCCC1NC(=O)NC1CCSc2ccc(F)cc21. The van der Waals surface area contributed by atoms with Crippen molar-refractivity contribution in [1.29, 1.82) is 0 Å². The Morgan fingerprint density at radius 1 is 1.43 bits per heavy atom. The highest BCUT2D eigenvalue weighted by Crippen LogP contribution is 2.38. The van der Waals surface area contributed by atoms with Crippen LogP contribution in [0.4, 0.5) is 9.18 Å². The molecule has 2 aliphatic rings. The Labute approximate surface area is 140 Å². The number of amides is 2. The zero-order valence-electron chi connectivity index (χ0n) is 13.3. The number of nitrogens with one attached hydrogen (secondary N) is 2. The number of hydrogen-bond donors (Lipinski definition) is 3. The van der Waals surface area contributed by atoms with Gasteiger partial charge in [0.05, 0.1) is 12.6 Å². The molecule has 0 aromatic heterocycles. The third kappa shape index (κ3) is 3.48. The largest absolute Gasteiger partial charge is 0.396 e. The van der Waals surface area contributed by atoms with E-state index in [1.807, 2.05) is 6.92 Å². The van der Waals surface area contributed by atoms with E-state index in [-0.39, 0.29) is 36.0 Å². The average molecular weight is 338 g/mol. The van der Waals surface area contributed by atoms with Crippen LogP contribution < -0.4 is 10.6 Å². The normalized spacial score (nSPS) is 29.9. The molecule has 3 atom stereocenters. The number of aliphatic hydroxyl groups excluding tert-OH is 1. The molecule has 0 spiro atoms. The summed E-state index contributed by atoms with van der Waals surface area (Å²) in [5, 5.41) is 15.6. The van der Waals surface area contributed by atoms with Crippen LogP contribution in [0.3, 0.4) is 0 Å². The smallest absolute Gasteiger partial charge is 0.315 e. The summed E-state index contributed by atoms with van der Waals surface area (Å²) >= 11 is 1.69. The number of halogens is 1. The Balaban J connectivity index is 1.66. The number of hydrogen-bond acceptors (Lipinski definition) is 3. The molecule has 0 bridgehead atoms. The standard InChI is InChI=1S/C17H23FN2O2S/c1-17(10-21)7-2-3-15(17)20-16(22)19-13-6-8-23-14-5-4-11(18)9-12(13)14/h4-5,9,13,15,21H,2-3,6-8,10H2,1H3,(H2,19,20,22). The monoisotopic (exact) mass is 338 g/mol. The van der Waals surface area contributed by atoms with Gasteiger partial charge in [-0.3, -0.25) is 0 Å². The number of benzene rings is 1. The molecule has 3 unspecified atom stereocenters. The van der Waals surface area contributed by atoms with Gasteiger partial charge in [-0.15, -0.1) is 11.8 Å². The maximum atomic E-state index is 13.5. The van der Waals surface area contributed by atoms with Crippen molar-refractivity contribution in [2.45, 2.75) is 49.6 Å². The zero-order valence-corrected chi connectivity index (χ0v) is 14.1. The van der Waals surface area contributed by atoms with Crippen LogP contribution >= 0.6 is 11.8 Å². The van der Waals surface area contributed by atoms with Crippen LogP contribution in [-0.4, -0.2) is 29.5 Å². The highest BCUT2D eigenvalue weighted by molar-refractivity contribution is 7.99. The number of aliphatic hydroxyl groups is 1. The topological polar surface area (TPSA) is 61.4 Å². The molecule has 1 saturated carbocycles. The summed E-state index contributed by atoms with van der Waals surface area (Å²) in [6.45, 7) is 2.08. The Hall–Kier alpha value is -1.27. The van der Waals surface area contributed by atoms with E-state index in [1.54, 1.807) is 17.8 Å². The van der Waals surface area contributed by atoms with Gasteiger partial charge in [-0.1, -0.05) is 13.3 Å². The number of rotatable bonds is 3. The lowest BCUT2D eigenvalue weighted by atomic mass is 9.86. The highest BCUT2D eigenvalue weighted by atomic mass is 32.2. The second-order valence-electron chi connectivity index (χ2n) is 6.75. The van der Waals surface area contributed by atoms with E-state index >= 15 is 0 Å². The Bertz CT molecular complexity index is 598. The molecule has 3 rings (SSSR count). The van der Waals surface area contributed by atoms with Crippen molar-refractivity contribution < 1.29 is 14.3 Å². The second kappa shape index (κ2) is 6.69. The van der Waals surface area contributed by atoms with E-state index in [1.165, 1.54) is 12.1 Å². The molecular weight excluding hydrogens is 315 g/mol. The maximum Gasteiger partial charge on any atom is 0.315 e. The molecule has 1 aliphatic heterocycles. The molecule has 4 nitrogen and oxygen atoms in total. The molecule has 0 radical (unpaired) electrons. The van der Waals surface area contributed by atoms with Gasteiger partial charge in [0.2, 0.25) is 0 Å². The number of fused-ring (bicyclic) bond motifs is 1. The van der Waals surface area contributed by atoms with Gasteiger partial charge in [0.25, 0.3) is 0 Å². The number of carbonyl (C=O) groups is 1. The molecule has 1 aromatic carbocycles. The minimum atomic E-state index is -0.276. The Morgan fingerprint density at radius 2 is 2.26 bits per heavy atom. The molecule has 1 aromatic rings. The van der Waals surface area contributed by atoms with E-state index in [9.17, 15) is 14.3 Å². The predicted octanol–water partition coefficient (Wildman–Crippen LogP) is 3.21. The van der Waals surface area contributed by atoms with Gasteiger partial charge in [0.1, 0.15) is 5.82 Å². The van der Waals surface area contributed by atoms with Crippen LogP contribution in [0.5, 0.6) is 0 Å². The van der Waals surface area contributed by atoms with Crippen molar-refractivity contribution in [2.24, 2.45) is 5.41 Å². The molecule has 23 heavy (non-hydrogen) atoms. The van der Waals surface area contributed by atoms with E-state index in [0.717, 1.165) is 41.9 Å². The van der Waals surface area contributed by atoms with Crippen molar-refractivity contribution in [3.8, 4) is 0 Å². The fraction of sp³-hybridized carbons (Fsp3) is 0.588. The van der Waals surface area contributed by atoms with Crippen molar-refractivity contribution >= 4 is 17.8 Å². The van der Waals surface area contributed by atoms with Crippen LogP contribution in [0.25, 0.3) is 0 Å². The first-order chi connectivity index (χ1) is 11.0. The molecule has 1 aliphatic carbocycles. The minimum Gasteiger partial charge on any atom is -0.396 e. The lowest BCUT2D eigenvalue weighted by Crippen LogP contribution is -2.49. The van der Waals surface area contributed by atoms with E-state index in [0.29, 0.717) is 0 Å². The fourth-order valence-electron chi connectivity index (χ4n) is 3.54. The Kier molecular flexibility index (Phi) is 4.82.